The van der Waals surface area contributed by atoms with E-state index in [2.05, 4.69) is 33.9 Å². The highest BCUT2D eigenvalue weighted by molar-refractivity contribution is 5.13. The summed E-state index contributed by atoms with van der Waals surface area (Å²) >= 11 is 0. The number of allylic oxidation sites excluding steroid dienone is 4. The lowest BCUT2D eigenvalue weighted by Crippen LogP contribution is -2.03. The molecule has 0 spiro atoms. The molecule has 2 nitrogen and oxygen atoms in total. The molecule has 11 heavy (non-hydrogen) atoms. The van der Waals surface area contributed by atoms with Crippen LogP contribution in [0.4, 0.5) is 0 Å². The van der Waals surface area contributed by atoms with Crippen molar-refractivity contribution in [1.82, 2.24) is 9.55 Å². The third-order valence-electron chi connectivity index (χ3n) is 1.87. The van der Waals surface area contributed by atoms with E-state index in [1.807, 2.05) is 18.7 Å². The Balaban J connectivity index is 2.19. The van der Waals surface area contributed by atoms with Gasteiger partial charge in [-0.15, -0.1) is 0 Å². The van der Waals surface area contributed by atoms with E-state index in [0.717, 1.165) is 6.42 Å². The summed E-state index contributed by atoms with van der Waals surface area (Å²) in [4.78, 5) is 4.00. The van der Waals surface area contributed by atoms with Crippen LogP contribution in [0.1, 0.15) is 12.5 Å². The van der Waals surface area contributed by atoms with Crippen molar-refractivity contribution >= 4 is 0 Å². The van der Waals surface area contributed by atoms with Gasteiger partial charge in [0.1, 0.15) is 0 Å². The van der Waals surface area contributed by atoms with E-state index < -0.39 is 0 Å². The van der Waals surface area contributed by atoms with Crippen molar-refractivity contribution in [2.75, 3.05) is 0 Å². The molecule has 0 radical (unpaired) electrons. The molecule has 0 saturated carbocycles. The summed E-state index contributed by atoms with van der Waals surface area (Å²) < 4.78 is 2.11. The molecule has 0 amide bonds. The number of nitrogens with zero attached hydrogens (tertiary/aromatic N) is 2. The second-order valence-corrected chi connectivity index (χ2v) is 2.63. The lowest BCUT2D eigenvalue weighted by molar-refractivity contribution is 0.607. The van der Waals surface area contributed by atoms with Crippen LogP contribution in [-0.4, -0.2) is 9.55 Å². The van der Waals surface area contributed by atoms with Crippen molar-refractivity contribution in [2.24, 2.45) is 0 Å². The normalized spacial score (nSPS) is 22.4. The van der Waals surface area contributed by atoms with Crippen LogP contribution in [0.15, 0.2) is 43.0 Å². The Morgan fingerprint density at radius 3 is 3.00 bits per heavy atom. The van der Waals surface area contributed by atoms with Gasteiger partial charge in [-0.2, -0.15) is 0 Å². The van der Waals surface area contributed by atoms with Gasteiger partial charge in [0, 0.05) is 12.4 Å². The molecule has 0 bridgehead atoms. The van der Waals surface area contributed by atoms with Gasteiger partial charge in [-0.05, 0) is 6.42 Å². The van der Waals surface area contributed by atoms with Gasteiger partial charge in [0.05, 0.1) is 12.4 Å². The van der Waals surface area contributed by atoms with Crippen molar-refractivity contribution in [3.05, 3.63) is 43.0 Å². The molecule has 1 aromatic heterocycles. The van der Waals surface area contributed by atoms with Crippen LogP contribution >= 0.6 is 0 Å². The maximum Gasteiger partial charge on any atom is 0.0951 e. The first-order valence-electron chi connectivity index (χ1n) is 3.77. The Bertz CT molecular complexity index is 270. The van der Waals surface area contributed by atoms with Crippen LogP contribution in [0.3, 0.4) is 0 Å². The predicted octanol–water partition coefficient (Wildman–Crippen LogP) is 1.94. The molecule has 56 valence electrons. The molecule has 1 atom stereocenters. The molecule has 0 saturated heterocycles. The lowest BCUT2D eigenvalue weighted by atomic mass is 10.1. The topological polar surface area (TPSA) is 17.8 Å². The molecule has 1 aliphatic rings. The minimum absolute atomic E-state index is 0.475. The summed E-state index contributed by atoms with van der Waals surface area (Å²) in [7, 11) is 0. The Morgan fingerprint density at radius 1 is 1.36 bits per heavy atom. The second-order valence-electron chi connectivity index (χ2n) is 2.63. The SMILES string of the molecule is C1=CCC(n2ccnc2)C=C1. The van der Waals surface area contributed by atoms with Gasteiger partial charge in [0.2, 0.25) is 0 Å². The smallest absolute Gasteiger partial charge is 0.0951 e. The highest BCUT2D eigenvalue weighted by Crippen LogP contribution is 2.16. The van der Waals surface area contributed by atoms with Crippen LogP contribution < -0.4 is 0 Å². The van der Waals surface area contributed by atoms with Crippen molar-refractivity contribution in [3.63, 3.8) is 0 Å². The minimum atomic E-state index is 0.475. The van der Waals surface area contributed by atoms with E-state index in [4.69, 9.17) is 0 Å². The van der Waals surface area contributed by atoms with Crippen LogP contribution in [0.25, 0.3) is 0 Å². The molecular formula is C9H10N2. The standard InChI is InChI=1S/C9H10N2/c1-2-4-9(5-3-1)11-7-6-10-8-11/h1-4,6-9H,5H2. The van der Waals surface area contributed by atoms with E-state index in [1.165, 1.54) is 0 Å². The maximum absolute atomic E-state index is 4.00. The Morgan fingerprint density at radius 2 is 2.36 bits per heavy atom. The first-order chi connectivity index (χ1) is 5.47. The molecule has 2 heteroatoms. The van der Waals surface area contributed by atoms with Gasteiger partial charge < -0.3 is 4.57 Å². The molecule has 0 N–H and O–H groups in total. The largest absolute Gasteiger partial charge is 0.330 e. The summed E-state index contributed by atoms with van der Waals surface area (Å²) in [5.74, 6) is 0. The van der Waals surface area contributed by atoms with Crippen LogP contribution in [0.2, 0.25) is 0 Å². The molecule has 2 rings (SSSR count). The van der Waals surface area contributed by atoms with Gasteiger partial charge in [-0.3, -0.25) is 0 Å². The van der Waals surface area contributed by atoms with Gasteiger partial charge >= 0.3 is 0 Å². The molecule has 1 unspecified atom stereocenters. The third-order valence-corrected chi connectivity index (χ3v) is 1.87. The zero-order valence-corrected chi connectivity index (χ0v) is 6.22. The third kappa shape index (κ3) is 1.24. The zero-order chi connectivity index (χ0) is 7.52. The minimum Gasteiger partial charge on any atom is -0.330 e. The summed E-state index contributed by atoms with van der Waals surface area (Å²) in [6.07, 6.45) is 15.2. The van der Waals surface area contributed by atoms with Crippen LogP contribution in [-0.2, 0) is 0 Å². The summed E-state index contributed by atoms with van der Waals surface area (Å²) in [6.45, 7) is 0. The fourth-order valence-electron chi connectivity index (χ4n) is 1.25. The van der Waals surface area contributed by atoms with Gasteiger partial charge in [-0.25, -0.2) is 4.98 Å². The van der Waals surface area contributed by atoms with Crippen molar-refractivity contribution < 1.29 is 0 Å². The van der Waals surface area contributed by atoms with E-state index in [0.29, 0.717) is 6.04 Å². The number of aromatic nitrogens is 2. The Labute approximate surface area is 65.9 Å². The monoisotopic (exact) mass is 146 g/mol. The van der Waals surface area contributed by atoms with E-state index in [9.17, 15) is 0 Å². The Hall–Kier alpha value is -1.31. The van der Waals surface area contributed by atoms with E-state index in [-0.39, 0.29) is 0 Å². The quantitative estimate of drug-likeness (QED) is 0.592. The van der Waals surface area contributed by atoms with Crippen LogP contribution in [0.5, 0.6) is 0 Å². The maximum atomic E-state index is 4.00. The summed E-state index contributed by atoms with van der Waals surface area (Å²) in [5, 5.41) is 0. The molecule has 0 aromatic carbocycles. The fraction of sp³-hybridized carbons (Fsp3) is 0.222. The first-order valence-corrected chi connectivity index (χ1v) is 3.77. The van der Waals surface area contributed by atoms with E-state index >= 15 is 0 Å². The summed E-state index contributed by atoms with van der Waals surface area (Å²) in [5.41, 5.74) is 0. The fourth-order valence-corrected chi connectivity index (χ4v) is 1.25. The number of hydrogen-bond donors (Lipinski definition) is 0. The number of hydrogen-bond acceptors (Lipinski definition) is 1. The number of imidazole rings is 1. The predicted molar refractivity (Wildman–Crippen MR) is 44.2 cm³/mol. The van der Waals surface area contributed by atoms with Crippen molar-refractivity contribution in [1.29, 1.82) is 0 Å². The second kappa shape index (κ2) is 2.74. The molecule has 1 aromatic rings. The number of rotatable bonds is 1. The van der Waals surface area contributed by atoms with Gasteiger partial charge in [-0.1, -0.05) is 24.3 Å². The van der Waals surface area contributed by atoms with Gasteiger partial charge in [0.25, 0.3) is 0 Å². The van der Waals surface area contributed by atoms with Crippen molar-refractivity contribution in [2.45, 2.75) is 12.5 Å². The van der Waals surface area contributed by atoms with Crippen molar-refractivity contribution in [3.8, 4) is 0 Å². The molecule has 1 aliphatic carbocycles. The average molecular weight is 146 g/mol. The zero-order valence-electron chi connectivity index (χ0n) is 6.22. The van der Waals surface area contributed by atoms with Crippen LogP contribution in [0, 0.1) is 0 Å². The molecule has 1 heterocycles. The molecular weight excluding hydrogens is 136 g/mol. The summed E-state index contributed by atoms with van der Waals surface area (Å²) in [6, 6.07) is 0.475. The van der Waals surface area contributed by atoms with E-state index in [1.54, 1.807) is 0 Å². The van der Waals surface area contributed by atoms with Gasteiger partial charge in [0.15, 0.2) is 0 Å². The first kappa shape index (κ1) is 6.40. The average Bonchev–Trinajstić information content (AvgIpc) is 2.58. The Kier molecular flexibility index (Phi) is 1.60. The lowest BCUT2D eigenvalue weighted by Gasteiger charge is -2.13. The highest BCUT2D eigenvalue weighted by atomic mass is 15.0. The highest BCUT2D eigenvalue weighted by Gasteiger charge is 2.04. The molecule has 0 fully saturated rings. The molecule has 0 aliphatic heterocycles.